The lowest BCUT2D eigenvalue weighted by atomic mass is 9.66. The third-order valence-corrected chi connectivity index (χ3v) is 7.09. The molecule has 2 aromatic carbocycles. The number of rotatable bonds is 6. The minimum atomic E-state index is -0.953. The van der Waals surface area contributed by atoms with Crippen molar-refractivity contribution in [3.05, 3.63) is 64.2 Å². The summed E-state index contributed by atoms with van der Waals surface area (Å²) < 4.78 is 6.64. The number of benzene rings is 2. The molecule has 0 aromatic heterocycles. The van der Waals surface area contributed by atoms with Crippen molar-refractivity contribution >= 4 is 27.2 Å². The van der Waals surface area contributed by atoms with Crippen LogP contribution in [0.5, 0.6) is 5.75 Å². The molecule has 1 aliphatic carbocycles. The molecule has 0 saturated heterocycles. The largest absolute Gasteiger partial charge is 0.542 e. The topological polar surface area (TPSA) is 46.5 Å². The van der Waals surface area contributed by atoms with Crippen LogP contribution in [0.25, 0.3) is 12.2 Å². The average Bonchev–Trinajstić information content (AvgIpc) is 2.72. The second-order valence-electron chi connectivity index (χ2n) is 10.5. The molecule has 3 rings (SSSR count). The van der Waals surface area contributed by atoms with Gasteiger partial charge in [-0.2, -0.15) is 0 Å². The van der Waals surface area contributed by atoms with Gasteiger partial charge < -0.3 is 9.53 Å². The molecule has 0 bridgehead atoms. The summed E-state index contributed by atoms with van der Waals surface area (Å²) in [5.74, 6) is 0.152. The van der Waals surface area contributed by atoms with Crippen LogP contribution in [0.4, 0.5) is 0 Å². The molecule has 0 amide bonds. The van der Waals surface area contributed by atoms with Crippen molar-refractivity contribution in [1.82, 2.24) is 0 Å². The summed E-state index contributed by atoms with van der Waals surface area (Å²) in [7, 11) is -0.953. The van der Waals surface area contributed by atoms with E-state index in [1.165, 1.54) is 43.2 Å². The maximum Gasteiger partial charge on any atom is 0.335 e. The molecule has 3 nitrogen and oxygen atoms in total. The highest BCUT2D eigenvalue weighted by molar-refractivity contribution is 6.49. The van der Waals surface area contributed by atoms with Crippen LogP contribution < -0.4 is 4.43 Å². The van der Waals surface area contributed by atoms with Gasteiger partial charge in [-0.15, -0.1) is 0 Å². The van der Waals surface area contributed by atoms with Crippen LogP contribution in [0.15, 0.2) is 36.4 Å². The van der Waals surface area contributed by atoms with Gasteiger partial charge in [-0.1, -0.05) is 83.4 Å². The molecule has 1 N–H and O–H groups in total. The zero-order valence-corrected chi connectivity index (χ0v) is 21.4. The van der Waals surface area contributed by atoms with Gasteiger partial charge in [0.1, 0.15) is 5.75 Å². The van der Waals surface area contributed by atoms with Gasteiger partial charge in [-0.3, -0.25) is 0 Å². The highest BCUT2D eigenvalue weighted by atomic mass is 28.3. The number of hydrogen-bond donors (Lipinski definition) is 1. The third-order valence-electron chi connectivity index (χ3n) is 6.48. The molecule has 0 atom stereocenters. The minimum absolute atomic E-state index is 0.0389. The molecule has 0 unspecified atom stereocenters. The van der Waals surface area contributed by atoms with E-state index < -0.39 is 15.0 Å². The summed E-state index contributed by atoms with van der Waals surface area (Å²) in [6, 6.07) is 11.5. The molecule has 0 heterocycles. The zero-order valence-electron chi connectivity index (χ0n) is 20.4. The summed E-state index contributed by atoms with van der Waals surface area (Å²) in [4.78, 5) is 11.1. The first-order chi connectivity index (χ1) is 15.0. The Morgan fingerprint density at radius 1 is 1.00 bits per heavy atom. The van der Waals surface area contributed by atoms with Crippen molar-refractivity contribution in [1.29, 1.82) is 0 Å². The van der Waals surface area contributed by atoms with Crippen LogP contribution in [0, 0.1) is 0 Å². The van der Waals surface area contributed by atoms with E-state index in [9.17, 15) is 4.79 Å². The van der Waals surface area contributed by atoms with E-state index in [4.69, 9.17) is 9.53 Å². The monoisotopic (exact) mass is 449 g/mol. The molecule has 0 aliphatic heterocycles. The summed E-state index contributed by atoms with van der Waals surface area (Å²) >= 11 is 0. The molecule has 4 heteroatoms. The lowest BCUT2D eigenvalue weighted by molar-refractivity contribution is 0.0697. The lowest BCUT2D eigenvalue weighted by Crippen LogP contribution is -2.31. The molecule has 1 saturated carbocycles. The van der Waals surface area contributed by atoms with Crippen LogP contribution in [0.3, 0.4) is 0 Å². The van der Waals surface area contributed by atoms with Crippen molar-refractivity contribution in [2.75, 3.05) is 0 Å². The Morgan fingerprint density at radius 2 is 1.62 bits per heavy atom. The first kappa shape index (κ1) is 24.3. The summed E-state index contributed by atoms with van der Waals surface area (Å²) in [6.45, 7) is 13.7. The van der Waals surface area contributed by atoms with Gasteiger partial charge in [-0.05, 0) is 60.0 Å². The van der Waals surface area contributed by atoms with Crippen molar-refractivity contribution < 1.29 is 14.3 Å². The fraction of sp³-hybridized carbons (Fsp3) is 0.464. The van der Waals surface area contributed by atoms with E-state index >= 15 is 0 Å². The van der Waals surface area contributed by atoms with Gasteiger partial charge in [0.15, 0.2) is 0 Å². The third kappa shape index (κ3) is 5.53. The molecule has 171 valence electrons. The molecule has 0 spiro atoms. The Labute approximate surface area is 195 Å². The minimum Gasteiger partial charge on any atom is -0.542 e. The average molecular weight is 450 g/mol. The van der Waals surface area contributed by atoms with Gasteiger partial charge in [0.2, 0.25) is 0 Å². The fourth-order valence-electron chi connectivity index (χ4n) is 4.77. The highest BCUT2D eigenvalue weighted by Gasteiger charge is 2.37. The van der Waals surface area contributed by atoms with E-state index in [2.05, 4.69) is 65.1 Å². The molecular formula is C28H37O3Si. The quantitative estimate of drug-likeness (QED) is 0.363. The standard InChI is InChI=1S/C28H37O3Si/c1-27(2,3)23-17-16-21(13-10-20-11-14-22(15-12-20)26(29)30)25(31-32(5)6)24(23)28(4)18-8-7-9-19-28/h10-17H,7-9,18-19H2,1-6H3,(H,29,30)/b13-10+. The Morgan fingerprint density at radius 3 is 2.16 bits per heavy atom. The number of hydrogen-bond acceptors (Lipinski definition) is 2. The maximum absolute atomic E-state index is 11.1. The van der Waals surface area contributed by atoms with E-state index in [0.717, 1.165) is 16.9 Å². The normalized spacial score (nSPS) is 16.5. The van der Waals surface area contributed by atoms with Gasteiger partial charge in [0, 0.05) is 11.1 Å². The van der Waals surface area contributed by atoms with Gasteiger partial charge in [0.05, 0.1) is 5.56 Å². The number of carboxylic acids is 1. The fourth-order valence-corrected chi connectivity index (χ4v) is 5.40. The van der Waals surface area contributed by atoms with E-state index in [-0.39, 0.29) is 10.8 Å². The van der Waals surface area contributed by atoms with Gasteiger partial charge in [0.25, 0.3) is 9.04 Å². The van der Waals surface area contributed by atoms with E-state index in [1.54, 1.807) is 12.1 Å². The lowest BCUT2D eigenvalue weighted by Gasteiger charge is -2.40. The molecule has 1 fully saturated rings. The maximum atomic E-state index is 11.1. The Hall–Kier alpha value is -2.33. The predicted molar refractivity (Wildman–Crippen MR) is 136 cm³/mol. The molecule has 2 aromatic rings. The Bertz CT molecular complexity index is 975. The summed E-state index contributed by atoms with van der Waals surface area (Å²) in [5.41, 5.74) is 5.34. The van der Waals surface area contributed by atoms with Crippen LogP contribution in [-0.2, 0) is 10.8 Å². The highest BCUT2D eigenvalue weighted by Crippen LogP contribution is 2.49. The Balaban J connectivity index is 2.13. The molecule has 1 aliphatic rings. The summed E-state index contributed by atoms with van der Waals surface area (Å²) in [5, 5.41) is 9.14. The van der Waals surface area contributed by atoms with Crippen molar-refractivity contribution in [2.24, 2.45) is 0 Å². The smallest absolute Gasteiger partial charge is 0.335 e. The molecule has 1 radical (unpaired) electrons. The van der Waals surface area contributed by atoms with Crippen molar-refractivity contribution in [3.8, 4) is 5.75 Å². The molecule has 32 heavy (non-hydrogen) atoms. The predicted octanol–water partition coefficient (Wildman–Crippen LogP) is 7.70. The second kappa shape index (κ2) is 9.66. The van der Waals surface area contributed by atoms with E-state index in [0.29, 0.717) is 5.56 Å². The van der Waals surface area contributed by atoms with Crippen LogP contribution in [-0.4, -0.2) is 20.1 Å². The Kier molecular flexibility index (Phi) is 7.34. The van der Waals surface area contributed by atoms with Crippen LogP contribution in [0.1, 0.15) is 92.4 Å². The number of carbonyl (C=O) groups is 1. The van der Waals surface area contributed by atoms with Gasteiger partial charge in [-0.25, -0.2) is 4.79 Å². The first-order valence-electron chi connectivity index (χ1n) is 11.7. The van der Waals surface area contributed by atoms with Crippen molar-refractivity contribution in [3.63, 3.8) is 0 Å². The van der Waals surface area contributed by atoms with E-state index in [1.807, 2.05) is 12.1 Å². The van der Waals surface area contributed by atoms with Crippen LogP contribution in [0.2, 0.25) is 13.1 Å². The van der Waals surface area contributed by atoms with Crippen LogP contribution >= 0.6 is 0 Å². The van der Waals surface area contributed by atoms with Crippen molar-refractivity contribution in [2.45, 2.75) is 83.7 Å². The summed E-state index contributed by atoms with van der Waals surface area (Å²) in [6.07, 6.45) is 10.4. The first-order valence-corrected chi connectivity index (χ1v) is 14.1. The SMILES string of the molecule is C[Si](C)Oc1c(/C=C/c2ccc(C(=O)O)cc2)ccc(C(C)(C)C)c1C1(C)CCCCC1. The zero-order chi connectivity index (χ0) is 23.5. The number of carboxylic acid groups (broad SMARTS) is 1. The second-order valence-corrected chi connectivity index (χ2v) is 12.6. The molecular weight excluding hydrogens is 412 g/mol. The number of aromatic carboxylic acids is 1. The van der Waals surface area contributed by atoms with Gasteiger partial charge >= 0.3 is 5.97 Å².